The number of anilines is 2. The van der Waals surface area contributed by atoms with Crippen LogP contribution < -0.4 is 11.1 Å². The summed E-state index contributed by atoms with van der Waals surface area (Å²) in [5.41, 5.74) is 6.97. The number of rotatable bonds is 4. The first-order valence-corrected chi connectivity index (χ1v) is 5.62. The van der Waals surface area contributed by atoms with Gasteiger partial charge in [0.2, 0.25) is 0 Å². The third-order valence-electron chi connectivity index (χ3n) is 2.87. The van der Waals surface area contributed by atoms with Crippen LogP contribution in [0.2, 0.25) is 0 Å². The van der Waals surface area contributed by atoms with Crippen molar-refractivity contribution in [1.29, 1.82) is 0 Å². The molecular formula is C12H17FN2O. The molecule has 0 amide bonds. The Kier molecular flexibility index (Phi) is 3.29. The molecule has 3 nitrogen and oxygen atoms in total. The monoisotopic (exact) mass is 224 g/mol. The summed E-state index contributed by atoms with van der Waals surface area (Å²) < 4.78 is 18.3. The summed E-state index contributed by atoms with van der Waals surface area (Å²) in [6.07, 6.45) is 2.35. The minimum absolute atomic E-state index is 0.302. The third-order valence-corrected chi connectivity index (χ3v) is 2.87. The highest BCUT2D eigenvalue weighted by Gasteiger charge is 2.29. The molecule has 88 valence electrons. The Balaban J connectivity index is 1.87. The molecule has 1 fully saturated rings. The summed E-state index contributed by atoms with van der Waals surface area (Å²) >= 11 is 0. The average molecular weight is 224 g/mol. The van der Waals surface area contributed by atoms with Gasteiger partial charge in [-0.3, -0.25) is 0 Å². The van der Waals surface area contributed by atoms with Gasteiger partial charge in [0, 0.05) is 12.6 Å². The Hall–Kier alpha value is -1.29. The summed E-state index contributed by atoms with van der Waals surface area (Å²) in [6.45, 7) is 2.76. The lowest BCUT2D eigenvalue weighted by Crippen LogP contribution is -2.40. The van der Waals surface area contributed by atoms with Crippen LogP contribution in [0.1, 0.15) is 19.8 Å². The lowest BCUT2D eigenvalue weighted by Gasteiger charge is -2.36. The number of nitrogens with one attached hydrogen (secondary N) is 1. The molecule has 3 N–H and O–H groups in total. The Bertz CT molecular complexity index is 364. The average Bonchev–Trinajstić information content (AvgIpc) is 2.18. The molecule has 0 aliphatic heterocycles. The van der Waals surface area contributed by atoms with Crippen molar-refractivity contribution in [3.05, 3.63) is 24.0 Å². The van der Waals surface area contributed by atoms with Gasteiger partial charge in [-0.1, -0.05) is 0 Å². The van der Waals surface area contributed by atoms with Gasteiger partial charge in [0.1, 0.15) is 5.82 Å². The topological polar surface area (TPSA) is 47.3 Å². The molecule has 1 aliphatic carbocycles. The predicted molar refractivity (Wildman–Crippen MR) is 62.9 cm³/mol. The van der Waals surface area contributed by atoms with E-state index in [4.69, 9.17) is 10.5 Å². The molecule has 0 atom stereocenters. The molecule has 1 aromatic carbocycles. The van der Waals surface area contributed by atoms with E-state index in [1.165, 1.54) is 12.1 Å². The zero-order valence-corrected chi connectivity index (χ0v) is 9.37. The maximum Gasteiger partial charge on any atom is 0.125 e. The van der Waals surface area contributed by atoms with E-state index in [1.807, 2.05) is 6.92 Å². The third kappa shape index (κ3) is 2.44. The minimum Gasteiger partial charge on any atom is -0.397 e. The molecule has 1 aromatic rings. The van der Waals surface area contributed by atoms with Crippen LogP contribution in [0.25, 0.3) is 0 Å². The molecule has 0 saturated heterocycles. The SMILES string of the molecule is CCOC1CC(Nc2ccc(F)cc2N)C1. The standard InChI is InChI=1S/C12H17FN2O/c1-2-16-10-6-9(7-10)15-12-4-3-8(13)5-11(12)14/h3-5,9-10,15H,2,6-7,14H2,1H3. The number of hydrogen-bond acceptors (Lipinski definition) is 3. The zero-order chi connectivity index (χ0) is 11.5. The molecule has 1 aliphatic rings. The lowest BCUT2D eigenvalue weighted by molar-refractivity contribution is 0.00300. The van der Waals surface area contributed by atoms with Crippen molar-refractivity contribution in [2.45, 2.75) is 31.9 Å². The largest absolute Gasteiger partial charge is 0.397 e. The normalized spacial score (nSPS) is 23.9. The first kappa shape index (κ1) is 11.2. The molecule has 0 unspecified atom stereocenters. The first-order chi connectivity index (χ1) is 7.69. The number of ether oxygens (including phenoxy) is 1. The van der Waals surface area contributed by atoms with Crippen molar-refractivity contribution >= 4 is 11.4 Å². The maximum absolute atomic E-state index is 12.8. The smallest absolute Gasteiger partial charge is 0.125 e. The highest BCUT2D eigenvalue weighted by Crippen LogP contribution is 2.29. The van der Waals surface area contributed by atoms with Crippen LogP contribution in [0.4, 0.5) is 15.8 Å². The first-order valence-electron chi connectivity index (χ1n) is 5.62. The van der Waals surface area contributed by atoms with Gasteiger partial charge in [0.25, 0.3) is 0 Å². The van der Waals surface area contributed by atoms with Gasteiger partial charge in [-0.05, 0) is 38.0 Å². The van der Waals surface area contributed by atoms with Gasteiger partial charge >= 0.3 is 0 Å². The highest BCUT2D eigenvalue weighted by atomic mass is 19.1. The van der Waals surface area contributed by atoms with Crippen LogP contribution in [0.5, 0.6) is 0 Å². The van der Waals surface area contributed by atoms with Crippen LogP contribution in [0, 0.1) is 5.82 Å². The van der Waals surface area contributed by atoms with Crippen molar-refractivity contribution in [3.63, 3.8) is 0 Å². The molecule has 1 saturated carbocycles. The fourth-order valence-corrected chi connectivity index (χ4v) is 1.94. The molecule has 0 spiro atoms. The van der Waals surface area contributed by atoms with Gasteiger partial charge in [-0.25, -0.2) is 4.39 Å². The van der Waals surface area contributed by atoms with Crippen molar-refractivity contribution in [3.8, 4) is 0 Å². The second-order valence-electron chi connectivity index (χ2n) is 4.12. The van der Waals surface area contributed by atoms with Gasteiger partial charge in [0.05, 0.1) is 17.5 Å². The van der Waals surface area contributed by atoms with Crippen LogP contribution in [-0.2, 0) is 4.74 Å². The molecule has 16 heavy (non-hydrogen) atoms. The van der Waals surface area contributed by atoms with Crippen LogP contribution in [-0.4, -0.2) is 18.8 Å². The van der Waals surface area contributed by atoms with E-state index in [0.29, 0.717) is 17.8 Å². The maximum atomic E-state index is 12.8. The highest BCUT2D eigenvalue weighted by molar-refractivity contribution is 5.66. The molecule has 0 heterocycles. The lowest BCUT2D eigenvalue weighted by atomic mass is 9.89. The molecule has 0 bridgehead atoms. The number of nitrogens with two attached hydrogens (primary N) is 1. The van der Waals surface area contributed by atoms with E-state index >= 15 is 0 Å². The Morgan fingerprint density at radius 1 is 1.50 bits per heavy atom. The molecule has 0 aromatic heterocycles. The Morgan fingerprint density at radius 3 is 2.88 bits per heavy atom. The summed E-state index contributed by atoms with van der Waals surface area (Å²) in [4.78, 5) is 0. The van der Waals surface area contributed by atoms with Gasteiger partial charge in [-0.15, -0.1) is 0 Å². The summed E-state index contributed by atoms with van der Waals surface area (Å²) in [7, 11) is 0. The number of nitrogen functional groups attached to an aromatic ring is 1. The van der Waals surface area contributed by atoms with Gasteiger partial charge < -0.3 is 15.8 Å². The zero-order valence-electron chi connectivity index (χ0n) is 9.37. The van der Waals surface area contributed by atoms with Crippen LogP contribution in [0.3, 0.4) is 0 Å². The van der Waals surface area contributed by atoms with Gasteiger partial charge in [-0.2, -0.15) is 0 Å². The van der Waals surface area contributed by atoms with Crippen molar-refractivity contribution in [1.82, 2.24) is 0 Å². The van der Waals surface area contributed by atoms with Gasteiger partial charge in [0.15, 0.2) is 0 Å². The van der Waals surface area contributed by atoms with Crippen molar-refractivity contribution in [2.75, 3.05) is 17.7 Å². The number of benzene rings is 1. The van der Waals surface area contributed by atoms with E-state index in [0.717, 1.165) is 25.1 Å². The Labute approximate surface area is 94.8 Å². The molecule has 4 heteroatoms. The number of halogens is 1. The molecule has 0 radical (unpaired) electrons. The summed E-state index contributed by atoms with van der Waals surface area (Å²) in [5.74, 6) is -0.302. The second kappa shape index (κ2) is 4.70. The van der Waals surface area contributed by atoms with Crippen LogP contribution in [0.15, 0.2) is 18.2 Å². The minimum atomic E-state index is -0.302. The second-order valence-corrected chi connectivity index (χ2v) is 4.12. The summed E-state index contributed by atoms with van der Waals surface area (Å²) in [6, 6.07) is 4.82. The van der Waals surface area contributed by atoms with E-state index in [1.54, 1.807) is 6.07 Å². The van der Waals surface area contributed by atoms with Crippen molar-refractivity contribution in [2.24, 2.45) is 0 Å². The fraction of sp³-hybridized carbons (Fsp3) is 0.500. The molecular weight excluding hydrogens is 207 g/mol. The molecule has 2 rings (SSSR count). The van der Waals surface area contributed by atoms with E-state index in [2.05, 4.69) is 5.32 Å². The Morgan fingerprint density at radius 2 is 2.25 bits per heavy atom. The van der Waals surface area contributed by atoms with E-state index in [9.17, 15) is 4.39 Å². The summed E-state index contributed by atoms with van der Waals surface area (Å²) in [5, 5.41) is 3.29. The fourth-order valence-electron chi connectivity index (χ4n) is 1.94. The van der Waals surface area contributed by atoms with Crippen molar-refractivity contribution < 1.29 is 9.13 Å². The van der Waals surface area contributed by atoms with Crippen LogP contribution >= 0.6 is 0 Å². The quantitative estimate of drug-likeness (QED) is 0.772. The predicted octanol–water partition coefficient (Wildman–Crippen LogP) is 2.39. The van der Waals surface area contributed by atoms with E-state index in [-0.39, 0.29) is 5.82 Å². The number of hydrogen-bond donors (Lipinski definition) is 2. The van der Waals surface area contributed by atoms with E-state index < -0.39 is 0 Å².